The standard InChI is InChI=1S/C24H18O5/c1-27-23(25)15-28-19-11-12-20-21(14-19)29-22(24(20)26)13-16-7-9-18(10-8-16)17-5-3-2-4-6-17/h2-14H,15H2,1H3/b22-13+. The van der Waals surface area contributed by atoms with Gasteiger partial charge in [-0.3, -0.25) is 4.79 Å². The highest BCUT2D eigenvalue weighted by Crippen LogP contribution is 2.35. The second-order valence-electron chi connectivity index (χ2n) is 6.45. The van der Waals surface area contributed by atoms with E-state index in [1.54, 1.807) is 24.3 Å². The van der Waals surface area contributed by atoms with Crippen LogP contribution < -0.4 is 9.47 Å². The molecule has 3 aromatic carbocycles. The Morgan fingerprint density at radius 2 is 1.69 bits per heavy atom. The molecule has 0 aromatic heterocycles. The maximum Gasteiger partial charge on any atom is 0.343 e. The van der Waals surface area contributed by atoms with Crippen molar-refractivity contribution in [2.24, 2.45) is 0 Å². The summed E-state index contributed by atoms with van der Waals surface area (Å²) in [5.41, 5.74) is 3.56. The average Bonchev–Trinajstić information content (AvgIpc) is 3.07. The summed E-state index contributed by atoms with van der Waals surface area (Å²) < 4.78 is 15.6. The lowest BCUT2D eigenvalue weighted by Crippen LogP contribution is -2.12. The zero-order valence-electron chi connectivity index (χ0n) is 15.8. The molecule has 29 heavy (non-hydrogen) atoms. The molecule has 0 fully saturated rings. The Labute approximate surface area is 168 Å². The summed E-state index contributed by atoms with van der Waals surface area (Å²) in [6, 6.07) is 22.8. The first-order valence-electron chi connectivity index (χ1n) is 9.07. The highest BCUT2D eigenvalue weighted by Gasteiger charge is 2.27. The molecular formula is C24H18O5. The Morgan fingerprint density at radius 3 is 2.41 bits per heavy atom. The van der Waals surface area contributed by atoms with E-state index in [0.29, 0.717) is 17.1 Å². The number of ketones is 1. The van der Waals surface area contributed by atoms with E-state index in [2.05, 4.69) is 4.74 Å². The molecule has 4 rings (SSSR count). The summed E-state index contributed by atoms with van der Waals surface area (Å²) in [4.78, 5) is 23.8. The van der Waals surface area contributed by atoms with Crippen molar-refractivity contribution in [3.63, 3.8) is 0 Å². The third kappa shape index (κ3) is 4.04. The highest BCUT2D eigenvalue weighted by atomic mass is 16.6. The van der Waals surface area contributed by atoms with E-state index < -0.39 is 5.97 Å². The summed E-state index contributed by atoms with van der Waals surface area (Å²) in [7, 11) is 1.29. The molecular weight excluding hydrogens is 368 g/mol. The predicted octanol–water partition coefficient (Wildman–Crippen LogP) is 4.52. The fourth-order valence-electron chi connectivity index (χ4n) is 3.01. The molecule has 5 heteroatoms. The van der Waals surface area contributed by atoms with Gasteiger partial charge >= 0.3 is 5.97 Å². The minimum Gasteiger partial charge on any atom is -0.482 e. The van der Waals surface area contributed by atoms with Gasteiger partial charge in [0.2, 0.25) is 5.78 Å². The first-order valence-corrected chi connectivity index (χ1v) is 9.07. The molecule has 3 aromatic rings. The van der Waals surface area contributed by atoms with E-state index in [1.807, 2.05) is 54.6 Å². The van der Waals surface area contributed by atoms with Crippen LogP contribution in [0.3, 0.4) is 0 Å². The Morgan fingerprint density at radius 1 is 0.966 bits per heavy atom. The fourth-order valence-corrected chi connectivity index (χ4v) is 3.01. The van der Waals surface area contributed by atoms with Gasteiger partial charge in [0.1, 0.15) is 11.5 Å². The molecule has 0 bridgehead atoms. The van der Waals surface area contributed by atoms with Gasteiger partial charge < -0.3 is 14.2 Å². The Kier molecular flexibility index (Phi) is 5.12. The molecule has 0 saturated carbocycles. The van der Waals surface area contributed by atoms with Crippen molar-refractivity contribution < 1.29 is 23.8 Å². The van der Waals surface area contributed by atoms with Crippen LogP contribution in [-0.2, 0) is 9.53 Å². The molecule has 1 aliphatic rings. The fraction of sp³-hybridized carbons (Fsp3) is 0.0833. The maximum atomic E-state index is 12.6. The third-order valence-corrected chi connectivity index (χ3v) is 4.54. The van der Waals surface area contributed by atoms with Crippen LogP contribution in [0.4, 0.5) is 0 Å². The number of ether oxygens (including phenoxy) is 3. The lowest BCUT2D eigenvalue weighted by Gasteiger charge is -2.05. The van der Waals surface area contributed by atoms with E-state index in [9.17, 15) is 9.59 Å². The van der Waals surface area contributed by atoms with Crippen molar-refractivity contribution in [2.45, 2.75) is 0 Å². The number of hydrogen-bond donors (Lipinski definition) is 0. The number of hydrogen-bond acceptors (Lipinski definition) is 5. The SMILES string of the molecule is COC(=O)COc1ccc2c(c1)O/C(=C/c1ccc(-c3ccccc3)cc1)C2=O. The van der Waals surface area contributed by atoms with Gasteiger partial charge in [-0.1, -0.05) is 54.6 Å². The molecule has 0 atom stereocenters. The average molecular weight is 386 g/mol. The van der Waals surface area contributed by atoms with Gasteiger partial charge in [0, 0.05) is 6.07 Å². The predicted molar refractivity (Wildman–Crippen MR) is 109 cm³/mol. The van der Waals surface area contributed by atoms with E-state index >= 15 is 0 Å². The lowest BCUT2D eigenvalue weighted by molar-refractivity contribution is -0.142. The van der Waals surface area contributed by atoms with Gasteiger partial charge in [-0.25, -0.2) is 4.79 Å². The van der Waals surface area contributed by atoms with Gasteiger partial charge in [0.25, 0.3) is 0 Å². The zero-order valence-corrected chi connectivity index (χ0v) is 15.8. The van der Waals surface area contributed by atoms with Gasteiger partial charge in [0.05, 0.1) is 12.7 Å². The number of carbonyl (C=O) groups is 2. The van der Waals surface area contributed by atoms with Crippen molar-refractivity contribution in [3.05, 3.63) is 89.7 Å². The number of allylic oxidation sites excluding steroid dienone is 1. The largest absolute Gasteiger partial charge is 0.482 e. The summed E-state index contributed by atoms with van der Waals surface area (Å²) in [5, 5.41) is 0. The molecule has 1 aliphatic heterocycles. The van der Waals surface area contributed by atoms with Crippen LogP contribution in [0.25, 0.3) is 17.2 Å². The van der Waals surface area contributed by atoms with Gasteiger partial charge in [-0.05, 0) is 34.9 Å². The summed E-state index contributed by atoms with van der Waals surface area (Å²) in [6.07, 6.45) is 1.71. The second-order valence-corrected chi connectivity index (χ2v) is 6.45. The Bertz CT molecular complexity index is 1080. The van der Waals surface area contributed by atoms with E-state index in [-0.39, 0.29) is 18.1 Å². The molecule has 0 aliphatic carbocycles. The van der Waals surface area contributed by atoms with E-state index in [4.69, 9.17) is 9.47 Å². The van der Waals surface area contributed by atoms with Crippen LogP contribution in [0.15, 0.2) is 78.6 Å². The van der Waals surface area contributed by atoms with Gasteiger partial charge in [0.15, 0.2) is 12.4 Å². The Balaban J connectivity index is 1.51. The first-order chi connectivity index (χ1) is 14.1. The van der Waals surface area contributed by atoms with Crippen molar-refractivity contribution in [1.29, 1.82) is 0 Å². The number of methoxy groups -OCH3 is 1. The van der Waals surface area contributed by atoms with Crippen molar-refractivity contribution in [3.8, 4) is 22.6 Å². The molecule has 144 valence electrons. The van der Waals surface area contributed by atoms with Crippen LogP contribution in [-0.4, -0.2) is 25.5 Å². The topological polar surface area (TPSA) is 61.8 Å². The number of fused-ring (bicyclic) bond motifs is 1. The number of Topliss-reactive ketones (excluding diaryl/α,β-unsaturated/α-hetero) is 1. The first kappa shape index (κ1) is 18.5. The molecule has 5 nitrogen and oxygen atoms in total. The molecule has 0 amide bonds. The number of rotatable bonds is 5. The molecule has 0 N–H and O–H groups in total. The monoisotopic (exact) mass is 386 g/mol. The smallest absolute Gasteiger partial charge is 0.343 e. The molecule has 0 saturated heterocycles. The van der Waals surface area contributed by atoms with E-state index in [0.717, 1.165) is 16.7 Å². The summed E-state index contributed by atoms with van der Waals surface area (Å²) in [5.74, 6) is 0.409. The van der Waals surface area contributed by atoms with Crippen LogP contribution >= 0.6 is 0 Å². The molecule has 0 unspecified atom stereocenters. The third-order valence-electron chi connectivity index (χ3n) is 4.54. The molecule has 0 radical (unpaired) electrons. The summed E-state index contributed by atoms with van der Waals surface area (Å²) >= 11 is 0. The van der Waals surface area contributed by atoms with Crippen LogP contribution in [0, 0.1) is 0 Å². The van der Waals surface area contributed by atoms with Crippen molar-refractivity contribution in [1.82, 2.24) is 0 Å². The van der Waals surface area contributed by atoms with Crippen molar-refractivity contribution in [2.75, 3.05) is 13.7 Å². The molecule has 1 heterocycles. The number of esters is 1. The quantitative estimate of drug-likeness (QED) is 0.477. The zero-order chi connectivity index (χ0) is 20.2. The Hall–Kier alpha value is -3.86. The number of benzene rings is 3. The minimum atomic E-state index is -0.484. The van der Waals surface area contributed by atoms with Gasteiger partial charge in [-0.2, -0.15) is 0 Å². The second kappa shape index (κ2) is 8.02. The number of carbonyl (C=O) groups excluding carboxylic acids is 2. The normalized spacial score (nSPS) is 13.7. The van der Waals surface area contributed by atoms with Crippen LogP contribution in [0.2, 0.25) is 0 Å². The molecule has 0 spiro atoms. The van der Waals surface area contributed by atoms with Crippen LogP contribution in [0.5, 0.6) is 11.5 Å². The van der Waals surface area contributed by atoms with Gasteiger partial charge in [-0.15, -0.1) is 0 Å². The lowest BCUT2D eigenvalue weighted by atomic mass is 10.0. The van der Waals surface area contributed by atoms with E-state index in [1.165, 1.54) is 7.11 Å². The van der Waals surface area contributed by atoms with Crippen LogP contribution in [0.1, 0.15) is 15.9 Å². The van der Waals surface area contributed by atoms with Crippen molar-refractivity contribution >= 4 is 17.8 Å². The highest BCUT2D eigenvalue weighted by molar-refractivity contribution is 6.14. The minimum absolute atomic E-state index is 0.188. The maximum absolute atomic E-state index is 12.6. The summed E-state index contributed by atoms with van der Waals surface area (Å²) in [6.45, 7) is -0.209.